The van der Waals surface area contributed by atoms with Crippen molar-refractivity contribution in [2.24, 2.45) is 0 Å². The Balaban J connectivity index is 0.000000184. The third-order valence-electron chi connectivity index (χ3n) is 6.72. The molecule has 0 unspecified atom stereocenters. The van der Waals surface area contributed by atoms with Crippen LogP contribution in [0.3, 0.4) is 0 Å². The molecule has 0 heterocycles. The molecule has 0 radical (unpaired) electrons. The summed E-state index contributed by atoms with van der Waals surface area (Å²) >= 11 is 0. The van der Waals surface area contributed by atoms with Gasteiger partial charge in [-0.05, 0) is 0 Å². The van der Waals surface area contributed by atoms with Gasteiger partial charge < -0.3 is 14.6 Å². The molecule has 0 saturated carbocycles. The monoisotopic (exact) mass is 574 g/mol. The van der Waals surface area contributed by atoms with E-state index in [2.05, 4.69) is 0 Å². The molecule has 2 N–H and O–H groups in total. The molecule has 6 rings (SSSR count). The molecular formula is C36H32O3P2. The van der Waals surface area contributed by atoms with Gasteiger partial charge in [0.15, 0.2) is 14.3 Å². The Morgan fingerprint density at radius 1 is 0.244 bits per heavy atom. The van der Waals surface area contributed by atoms with E-state index in [0.29, 0.717) is 0 Å². The van der Waals surface area contributed by atoms with Gasteiger partial charge in [-0.2, -0.15) is 0 Å². The summed E-state index contributed by atoms with van der Waals surface area (Å²) in [5.41, 5.74) is 0. The van der Waals surface area contributed by atoms with Crippen LogP contribution in [0.1, 0.15) is 0 Å². The highest BCUT2D eigenvalue weighted by Crippen LogP contribution is 2.42. The average Bonchev–Trinajstić information content (AvgIpc) is 3.07. The van der Waals surface area contributed by atoms with Crippen LogP contribution >= 0.6 is 14.3 Å². The molecule has 6 aromatic rings. The van der Waals surface area contributed by atoms with Gasteiger partial charge in [0.25, 0.3) is 0 Å². The number of benzene rings is 6. The molecule has 5 heteroatoms. The first kappa shape index (κ1) is 29.7. The van der Waals surface area contributed by atoms with E-state index in [4.69, 9.17) is 0 Å². The SMILES string of the molecule is O.O=P(c1ccccc1)(c1ccccc1)c1ccccc1.O=P(c1ccccc1)(c1ccccc1)c1ccccc1. The maximum atomic E-state index is 13.8. The van der Waals surface area contributed by atoms with Gasteiger partial charge in [-0.15, -0.1) is 0 Å². The summed E-state index contributed by atoms with van der Waals surface area (Å²) in [7, 11) is -5.55. The Labute approximate surface area is 242 Å². The summed E-state index contributed by atoms with van der Waals surface area (Å²) in [6.45, 7) is 0. The van der Waals surface area contributed by atoms with Crippen molar-refractivity contribution < 1.29 is 14.6 Å². The van der Waals surface area contributed by atoms with Crippen molar-refractivity contribution in [2.75, 3.05) is 0 Å². The summed E-state index contributed by atoms with van der Waals surface area (Å²) in [4.78, 5) is 0. The van der Waals surface area contributed by atoms with Crippen LogP contribution in [0.2, 0.25) is 0 Å². The summed E-state index contributed by atoms with van der Waals surface area (Å²) in [5.74, 6) is 0. The van der Waals surface area contributed by atoms with Crippen LogP contribution < -0.4 is 31.8 Å². The van der Waals surface area contributed by atoms with Crippen molar-refractivity contribution in [2.45, 2.75) is 0 Å². The summed E-state index contributed by atoms with van der Waals surface area (Å²) in [5, 5.41) is 5.24. The van der Waals surface area contributed by atoms with Crippen molar-refractivity contribution in [3.63, 3.8) is 0 Å². The Morgan fingerprint density at radius 3 is 0.488 bits per heavy atom. The summed E-state index contributed by atoms with van der Waals surface area (Å²) in [6.07, 6.45) is 0. The van der Waals surface area contributed by atoms with Gasteiger partial charge >= 0.3 is 0 Å². The van der Waals surface area contributed by atoms with Gasteiger partial charge in [0.2, 0.25) is 0 Å². The largest absolute Gasteiger partial charge is 0.412 e. The van der Waals surface area contributed by atoms with E-state index in [1.54, 1.807) is 0 Å². The summed E-state index contributed by atoms with van der Waals surface area (Å²) < 4.78 is 27.6. The minimum absolute atomic E-state index is 0. The second-order valence-electron chi connectivity index (χ2n) is 9.23. The van der Waals surface area contributed by atoms with Crippen LogP contribution in [0.5, 0.6) is 0 Å². The van der Waals surface area contributed by atoms with Crippen molar-refractivity contribution in [3.05, 3.63) is 182 Å². The van der Waals surface area contributed by atoms with Crippen LogP contribution in [0, 0.1) is 0 Å². The molecular weight excluding hydrogens is 542 g/mol. The van der Waals surface area contributed by atoms with E-state index in [-0.39, 0.29) is 5.48 Å². The quantitative estimate of drug-likeness (QED) is 0.235. The zero-order valence-corrected chi connectivity index (χ0v) is 24.3. The average molecular weight is 575 g/mol. The van der Waals surface area contributed by atoms with Gasteiger partial charge in [-0.25, -0.2) is 0 Å². The Bertz CT molecular complexity index is 1370. The molecule has 6 aromatic carbocycles. The van der Waals surface area contributed by atoms with Gasteiger partial charge in [0.05, 0.1) is 0 Å². The Hall–Kier alpha value is -4.26. The predicted octanol–water partition coefficient (Wildman–Crippen LogP) is 5.83. The first-order valence-corrected chi connectivity index (χ1v) is 16.6. The number of hydrogen-bond donors (Lipinski definition) is 0. The maximum Gasteiger partial charge on any atom is 0.171 e. The van der Waals surface area contributed by atoms with Crippen molar-refractivity contribution in [1.29, 1.82) is 0 Å². The minimum Gasteiger partial charge on any atom is -0.412 e. The van der Waals surface area contributed by atoms with Crippen LogP contribution in [0.15, 0.2) is 182 Å². The number of rotatable bonds is 6. The van der Waals surface area contributed by atoms with Gasteiger partial charge in [0.1, 0.15) is 0 Å². The van der Waals surface area contributed by atoms with E-state index in [1.807, 2.05) is 182 Å². The van der Waals surface area contributed by atoms with Crippen molar-refractivity contribution >= 4 is 46.1 Å². The van der Waals surface area contributed by atoms with E-state index in [9.17, 15) is 9.13 Å². The van der Waals surface area contributed by atoms with Crippen LogP contribution in [-0.2, 0) is 9.13 Å². The lowest BCUT2D eigenvalue weighted by Crippen LogP contribution is -2.24. The highest BCUT2D eigenvalue weighted by atomic mass is 31.2. The van der Waals surface area contributed by atoms with Crippen molar-refractivity contribution in [3.8, 4) is 0 Å². The smallest absolute Gasteiger partial charge is 0.171 e. The standard InChI is InChI=1S/2C18H15OP.H2O/c2*19-20(16-10-4-1-5-11-16,17-12-6-2-7-13-17)18-14-8-3-9-15-18;/h2*1-15H;1H2. The highest BCUT2D eigenvalue weighted by molar-refractivity contribution is 7.85. The van der Waals surface area contributed by atoms with Crippen LogP contribution in [-0.4, -0.2) is 5.48 Å². The molecule has 0 bridgehead atoms. The second-order valence-corrected chi connectivity index (χ2v) is 14.8. The fourth-order valence-corrected chi connectivity index (χ4v) is 10.1. The topological polar surface area (TPSA) is 65.6 Å². The lowest BCUT2D eigenvalue weighted by atomic mass is 10.4. The molecule has 0 aromatic heterocycles. The van der Waals surface area contributed by atoms with Gasteiger partial charge in [-0.3, -0.25) is 0 Å². The molecule has 0 aliphatic rings. The highest BCUT2D eigenvalue weighted by Gasteiger charge is 2.30. The fourth-order valence-electron chi connectivity index (χ4n) is 4.72. The molecule has 0 fully saturated rings. The number of hydrogen-bond acceptors (Lipinski definition) is 2. The molecule has 3 nitrogen and oxygen atoms in total. The summed E-state index contributed by atoms with van der Waals surface area (Å²) in [6, 6.07) is 58.3. The van der Waals surface area contributed by atoms with Crippen molar-refractivity contribution in [1.82, 2.24) is 0 Å². The Morgan fingerprint density at radius 2 is 0.366 bits per heavy atom. The molecule has 0 saturated heterocycles. The third kappa shape index (κ3) is 6.40. The van der Waals surface area contributed by atoms with E-state index in [1.165, 1.54) is 0 Å². The van der Waals surface area contributed by atoms with Crippen LogP contribution in [0.25, 0.3) is 0 Å². The zero-order chi connectivity index (χ0) is 27.7. The Kier molecular flexibility index (Phi) is 10.1. The normalized spacial score (nSPS) is 10.9. The zero-order valence-electron chi connectivity index (χ0n) is 22.5. The fraction of sp³-hybridized carbons (Fsp3) is 0. The van der Waals surface area contributed by atoms with E-state index >= 15 is 0 Å². The first-order chi connectivity index (χ1) is 19.6. The molecule has 0 atom stereocenters. The van der Waals surface area contributed by atoms with E-state index < -0.39 is 14.3 Å². The molecule has 0 aliphatic carbocycles. The first-order valence-electron chi connectivity index (χ1n) is 13.2. The van der Waals surface area contributed by atoms with Crippen LogP contribution in [0.4, 0.5) is 0 Å². The second kappa shape index (κ2) is 13.9. The molecule has 0 spiro atoms. The lowest BCUT2D eigenvalue weighted by molar-refractivity contribution is 0.591. The molecule has 0 aliphatic heterocycles. The van der Waals surface area contributed by atoms with Gasteiger partial charge in [0, 0.05) is 31.8 Å². The van der Waals surface area contributed by atoms with E-state index in [0.717, 1.165) is 31.8 Å². The lowest BCUT2D eigenvalue weighted by Gasteiger charge is -2.19. The predicted molar refractivity (Wildman–Crippen MR) is 175 cm³/mol. The maximum absolute atomic E-state index is 13.8. The molecule has 204 valence electrons. The van der Waals surface area contributed by atoms with Gasteiger partial charge in [-0.1, -0.05) is 182 Å². The molecule has 0 amide bonds. The molecule has 41 heavy (non-hydrogen) atoms. The minimum atomic E-state index is -2.78. The third-order valence-corrected chi connectivity index (χ3v) is 12.9.